The molecule has 0 aliphatic rings. The average molecular weight is 494 g/mol. The fourth-order valence-corrected chi connectivity index (χ4v) is 3.96. The van der Waals surface area contributed by atoms with E-state index in [0.29, 0.717) is 12.1 Å². The predicted octanol–water partition coefficient (Wildman–Crippen LogP) is 4.05. The summed E-state index contributed by atoms with van der Waals surface area (Å²) in [4.78, 5) is 24.7. The minimum absolute atomic E-state index is 0.0387. The van der Waals surface area contributed by atoms with Crippen LogP contribution in [-0.4, -0.2) is 32.0 Å². The van der Waals surface area contributed by atoms with Crippen molar-refractivity contribution in [1.29, 1.82) is 0 Å². The Hall–Kier alpha value is -4.18. The van der Waals surface area contributed by atoms with Crippen LogP contribution in [0, 0.1) is 11.6 Å². The normalized spacial score (nSPS) is 12.4. The number of benzene rings is 3. The molecule has 10 heteroatoms. The van der Waals surface area contributed by atoms with Crippen molar-refractivity contribution in [3.63, 3.8) is 0 Å². The van der Waals surface area contributed by atoms with Crippen LogP contribution in [0.1, 0.15) is 47.9 Å². The van der Waals surface area contributed by atoms with Gasteiger partial charge in [-0.15, -0.1) is 5.10 Å². The Morgan fingerprint density at radius 2 is 1.78 bits per heavy atom. The Labute approximate surface area is 205 Å². The van der Waals surface area contributed by atoms with Crippen molar-refractivity contribution in [3.8, 4) is 0 Å². The van der Waals surface area contributed by atoms with E-state index in [9.17, 15) is 18.4 Å². The number of amides is 2. The van der Waals surface area contributed by atoms with Gasteiger partial charge in [0.2, 0.25) is 5.91 Å². The van der Waals surface area contributed by atoms with Crippen LogP contribution in [0.4, 0.5) is 8.78 Å². The van der Waals surface area contributed by atoms with E-state index < -0.39 is 35.0 Å². The lowest BCUT2D eigenvalue weighted by Crippen LogP contribution is -2.41. The Bertz CT molecular complexity index is 1420. The molecule has 4 aromatic rings. The summed E-state index contributed by atoms with van der Waals surface area (Å²) in [6.07, 6.45) is 1.98. The second-order valence-electron chi connectivity index (χ2n) is 9.07. The highest BCUT2D eigenvalue weighted by Gasteiger charge is 2.29. The topological polar surface area (TPSA) is 109 Å². The van der Waals surface area contributed by atoms with Gasteiger partial charge >= 0.3 is 0 Å². The highest BCUT2D eigenvalue weighted by molar-refractivity contribution is 5.94. The van der Waals surface area contributed by atoms with Crippen LogP contribution < -0.4 is 10.8 Å². The van der Waals surface area contributed by atoms with E-state index in [1.165, 1.54) is 10.7 Å². The monoisotopic (exact) mass is 493 g/mol. The van der Waals surface area contributed by atoms with Crippen molar-refractivity contribution in [2.45, 2.75) is 38.3 Å². The van der Waals surface area contributed by atoms with Gasteiger partial charge in [0.15, 0.2) is 11.6 Å². The lowest BCUT2D eigenvalue weighted by Gasteiger charge is -2.24. The second-order valence-corrected chi connectivity index (χ2v) is 9.07. The molecule has 8 nitrogen and oxygen atoms in total. The Balaban J connectivity index is 1.56. The second kappa shape index (κ2) is 10.2. The minimum atomic E-state index is -1.12. The maximum atomic E-state index is 13.6. The number of fused-ring (bicyclic) bond motifs is 1. The van der Waals surface area contributed by atoms with E-state index in [1.807, 2.05) is 42.5 Å². The van der Waals surface area contributed by atoms with Gasteiger partial charge in [0, 0.05) is 5.56 Å². The maximum absolute atomic E-state index is 13.6. The van der Waals surface area contributed by atoms with Crippen LogP contribution in [-0.2, 0) is 16.8 Å². The van der Waals surface area contributed by atoms with Gasteiger partial charge in [-0.3, -0.25) is 14.8 Å². The van der Waals surface area contributed by atoms with Crippen molar-refractivity contribution in [3.05, 3.63) is 95.3 Å². The number of nitrogens with one attached hydrogen (secondary N) is 2. The van der Waals surface area contributed by atoms with E-state index in [0.717, 1.165) is 28.5 Å². The molecule has 0 bridgehead atoms. The first-order valence-corrected chi connectivity index (χ1v) is 11.3. The van der Waals surface area contributed by atoms with Gasteiger partial charge in [-0.25, -0.2) is 18.9 Å². The minimum Gasteiger partial charge on any atom is -0.341 e. The fraction of sp³-hybridized carbons (Fsp3) is 0.231. The van der Waals surface area contributed by atoms with Crippen LogP contribution >= 0.6 is 0 Å². The smallest absolute Gasteiger partial charge is 0.252 e. The molecule has 0 fully saturated rings. The quantitative estimate of drug-likeness (QED) is 0.253. The summed E-state index contributed by atoms with van der Waals surface area (Å²) in [5, 5.41) is 22.3. The number of aromatic nitrogens is 3. The van der Waals surface area contributed by atoms with E-state index in [2.05, 4.69) is 15.6 Å². The van der Waals surface area contributed by atoms with Gasteiger partial charge in [-0.05, 0) is 54.8 Å². The molecule has 1 unspecified atom stereocenters. The first-order valence-electron chi connectivity index (χ1n) is 11.3. The molecule has 0 aliphatic heterocycles. The molecule has 2 amide bonds. The standard InChI is InChI=1S/C26H25F2N5O3/c1-26(2,29-25(35)19-9-10-21(27)22(28)13-19)23-15-33(32-30-23)20(14-24(34)31-36)12-16-7-8-17-5-3-4-6-18(17)11-16/h3-11,13,15,20,36H,12,14H2,1-2H3,(H,29,35)(H,31,34). The number of carbonyl (C=O) groups is 2. The Morgan fingerprint density at radius 1 is 1.03 bits per heavy atom. The summed E-state index contributed by atoms with van der Waals surface area (Å²) < 4.78 is 28.3. The summed E-state index contributed by atoms with van der Waals surface area (Å²) in [5.41, 5.74) is 1.96. The molecular formula is C26H25F2N5O3. The summed E-state index contributed by atoms with van der Waals surface area (Å²) >= 11 is 0. The molecule has 1 aromatic heterocycles. The first kappa shape index (κ1) is 24.9. The lowest BCUT2D eigenvalue weighted by molar-refractivity contribution is -0.130. The average Bonchev–Trinajstić information content (AvgIpc) is 3.36. The van der Waals surface area contributed by atoms with Gasteiger partial charge in [0.05, 0.1) is 24.2 Å². The van der Waals surface area contributed by atoms with E-state index in [1.54, 1.807) is 25.5 Å². The first-order chi connectivity index (χ1) is 17.2. The van der Waals surface area contributed by atoms with Gasteiger partial charge in [0.25, 0.3) is 5.91 Å². The number of hydrogen-bond acceptors (Lipinski definition) is 5. The summed E-state index contributed by atoms with van der Waals surface area (Å²) in [6.45, 7) is 3.38. The van der Waals surface area contributed by atoms with E-state index >= 15 is 0 Å². The van der Waals surface area contributed by atoms with Crippen LogP contribution in [0.3, 0.4) is 0 Å². The summed E-state index contributed by atoms with van der Waals surface area (Å²) in [5.74, 6) is -3.35. The predicted molar refractivity (Wildman–Crippen MR) is 128 cm³/mol. The molecule has 0 saturated heterocycles. The zero-order valence-corrected chi connectivity index (χ0v) is 19.7. The van der Waals surface area contributed by atoms with Gasteiger partial charge in [0.1, 0.15) is 5.69 Å². The molecule has 186 valence electrons. The SMILES string of the molecule is CC(C)(NC(=O)c1ccc(F)c(F)c1)c1cn(C(CC(=O)NO)Cc2ccc3ccccc3c2)nn1. The highest BCUT2D eigenvalue weighted by atomic mass is 19.2. The third kappa shape index (κ3) is 5.55. The molecule has 1 heterocycles. The van der Waals surface area contributed by atoms with Crippen LogP contribution in [0.15, 0.2) is 66.9 Å². The van der Waals surface area contributed by atoms with Crippen LogP contribution in [0.2, 0.25) is 0 Å². The number of hydroxylamine groups is 1. The third-order valence-corrected chi connectivity index (χ3v) is 5.96. The van der Waals surface area contributed by atoms with E-state index in [4.69, 9.17) is 5.21 Å². The van der Waals surface area contributed by atoms with E-state index in [-0.39, 0.29) is 12.0 Å². The molecule has 0 saturated carbocycles. The maximum Gasteiger partial charge on any atom is 0.252 e. The molecule has 4 rings (SSSR count). The number of carbonyl (C=O) groups excluding carboxylic acids is 2. The molecule has 3 N–H and O–H groups in total. The molecule has 1 atom stereocenters. The number of halogens is 2. The van der Waals surface area contributed by atoms with Crippen molar-refractivity contribution in [2.24, 2.45) is 0 Å². The van der Waals surface area contributed by atoms with Crippen molar-refractivity contribution < 1.29 is 23.6 Å². The van der Waals surface area contributed by atoms with Crippen LogP contribution in [0.5, 0.6) is 0 Å². The molecule has 3 aromatic carbocycles. The van der Waals surface area contributed by atoms with Crippen molar-refractivity contribution in [2.75, 3.05) is 0 Å². The Kier molecular flexibility index (Phi) is 7.07. The fourth-order valence-electron chi connectivity index (χ4n) is 3.96. The van der Waals surface area contributed by atoms with Gasteiger partial charge < -0.3 is 5.32 Å². The zero-order valence-electron chi connectivity index (χ0n) is 19.7. The van der Waals surface area contributed by atoms with Crippen LogP contribution in [0.25, 0.3) is 10.8 Å². The summed E-state index contributed by atoms with van der Waals surface area (Å²) in [7, 11) is 0. The van der Waals surface area contributed by atoms with Gasteiger partial charge in [-0.2, -0.15) is 0 Å². The highest BCUT2D eigenvalue weighted by Crippen LogP contribution is 2.24. The zero-order chi connectivity index (χ0) is 25.9. The van der Waals surface area contributed by atoms with Gasteiger partial charge in [-0.1, -0.05) is 47.7 Å². The number of hydrogen-bond donors (Lipinski definition) is 3. The Morgan fingerprint density at radius 3 is 2.50 bits per heavy atom. The summed E-state index contributed by atoms with van der Waals surface area (Å²) in [6, 6.07) is 16.3. The number of nitrogens with zero attached hydrogens (tertiary/aromatic N) is 3. The molecule has 0 radical (unpaired) electrons. The molecule has 0 aliphatic carbocycles. The molecular weight excluding hydrogens is 468 g/mol. The van der Waals surface area contributed by atoms with Crippen molar-refractivity contribution >= 4 is 22.6 Å². The largest absolute Gasteiger partial charge is 0.341 e. The third-order valence-electron chi connectivity index (χ3n) is 5.96. The molecule has 0 spiro atoms. The molecule has 36 heavy (non-hydrogen) atoms. The number of rotatable bonds is 8. The van der Waals surface area contributed by atoms with Crippen molar-refractivity contribution in [1.82, 2.24) is 25.8 Å². The lowest BCUT2D eigenvalue weighted by atomic mass is 9.99.